The maximum Gasteiger partial charge on any atom is 0.0243 e. The zero-order chi connectivity index (χ0) is 13.2. The van der Waals surface area contributed by atoms with Crippen LogP contribution in [0.2, 0.25) is 0 Å². The highest BCUT2D eigenvalue weighted by atomic mass is 15.2. The van der Waals surface area contributed by atoms with E-state index in [1.54, 1.807) is 0 Å². The highest BCUT2D eigenvalue weighted by molar-refractivity contribution is 4.87. The Morgan fingerprint density at radius 3 is 2.56 bits per heavy atom. The highest BCUT2D eigenvalue weighted by Gasteiger charge is 2.31. The van der Waals surface area contributed by atoms with Crippen LogP contribution < -0.4 is 5.32 Å². The molecule has 2 aliphatic rings. The van der Waals surface area contributed by atoms with Crippen LogP contribution in [-0.2, 0) is 0 Å². The molecule has 1 saturated carbocycles. The van der Waals surface area contributed by atoms with Crippen LogP contribution in [0.1, 0.15) is 53.4 Å². The number of nitrogens with zero attached hydrogens (tertiary/aromatic N) is 1. The summed E-state index contributed by atoms with van der Waals surface area (Å²) in [5.74, 6) is 1.91. The second-order valence-corrected chi connectivity index (χ2v) is 7.65. The molecule has 0 aromatic rings. The van der Waals surface area contributed by atoms with E-state index in [0.29, 0.717) is 11.5 Å². The lowest BCUT2D eigenvalue weighted by molar-refractivity contribution is 0.167. The van der Waals surface area contributed by atoms with Crippen LogP contribution in [0, 0.1) is 17.3 Å². The molecule has 3 atom stereocenters. The van der Waals surface area contributed by atoms with E-state index in [9.17, 15) is 0 Å². The van der Waals surface area contributed by atoms with Crippen molar-refractivity contribution in [3.05, 3.63) is 0 Å². The molecule has 2 heteroatoms. The monoisotopic (exact) mass is 252 g/mol. The van der Waals surface area contributed by atoms with Gasteiger partial charge >= 0.3 is 0 Å². The van der Waals surface area contributed by atoms with E-state index in [1.165, 1.54) is 51.9 Å². The van der Waals surface area contributed by atoms with Crippen molar-refractivity contribution in [3.8, 4) is 0 Å². The molecule has 0 spiro atoms. The minimum Gasteiger partial charge on any atom is -0.312 e. The third kappa shape index (κ3) is 3.71. The van der Waals surface area contributed by atoms with Crippen LogP contribution in [0.5, 0.6) is 0 Å². The lowest BCUT2D eigenvalue weighted by atomic mass is 9.86. The van der Waals surface area contributed by atoms with E-state index in [4.69, 9.17) is 0 Å². The molecule has 3 unspecified atom stereocenters. The van der Waals surface area contributed by atoms with Gasteiger partial charge in [-0.1, -0.05) is 40.5 Å². The summed E-state index contributed by atoms with van der Waals surface area (Å²) in [6.07, 6.45) is 5.69. The van der Waals surface area contributed by atoms with Gasteiger partial charge < -0.3 is 10.2 Å². The van der Waals surface area contributed by atoms with Crippen molar-refractivity contribution in [1.29, 1.82) is 0 Å². The van der Waals surface area contributed by atoms with Crippen LogP contribution in [-0.4, -0.2) is 37.1 Å². The summed E-state index contributed by atoms with van der Waals surface area (Å²) in [6.45, 7) is 14.6. The van der Waals surface area contributed by atoms with E-state index in [0.717, 1.165) is 11.8 Å². The molecular weight excluding hydrogens is 220 g/mol. The van der Waals surface area contributed by atoms with Crippen molar-refractivity contribution in [1.82, 2.24) is 10.2 Å². The van der Waals surface area contributed by atoms with Crippen LogP contribution in [0.25, 0.3) is 0 Å². The standard InChI is InChI=1S/C16H32N2/c1-13-7-5-8-14(13)11-18-10-6-9-17-15(12-18)16(2,3)4/h13-15,17H,5-12H2,1-4H3. The summed E-state index contributed by atoms with van der Waals surface area (Å²) in [7, 11) is 0. The molecule has 0 aromatic heterocycles. The molecule has 18 heavy (non-hydrogen) atoms. The fourth-order valence-electron chi connectivity index (χ4n) is 3.56. The van der Waals surface area contributed by atoms with Gasteiger partial charge in [-0.05, 0) is 43.2 Å². The van der Waals surface area contributed by atoms with Crippen molar-refractivity contribution < 1.29 is 0 Å². The molecule has 0 amide bonds. The first-order valence-electron chi connectivity index (χ1n) is 7.92. The quantitative estimate of drug-likeness (QED) is 0.812. The second kappa shape index (κ2) is 5.92. The number of hydrogen-bond donors (Lipinski definition) is 1. The molecule has 1 aliphatic heterocycles. The minimum absolute atomic E-state index is 0.379. The molecule has 0 radical (unpaired) electrons. The molecule has 0 aromatic carbocycles. The lowest BCUT2D eigenvalue weighted by Gasteiger charge is -2.35. The van der Waals surface area contributed by atoms with E-state index in [2.05, 4.69) is 37.9 Å². The summed E-state index contributed by atoms with van der Waals surface area (Å²) >= 11 is 0. The smallest absolute Gasteiger partial charge is 0.0243 e. The van der Waals surface area contributed by atoms with Crippen LogP contribution in [0.3, 0.4) is 0 Å². The molecular formula is C16H32N2. The Hall–Kier alpha value is -0.0800. The molecule has 0 bridgehead atoms. The van der Waals surface area contributed by atoms with E-state index in [1.807, 2.05) is 0 Å². The highest BCUT2D eigenvalue weighted by Crippen LogP contribution is 2.32. The number of rotatable bonds is 2. The molecule has 106 valence electrons. The maximum atomic E-state index is 3.75. The molecule has 1 N–H and O–H groups in total. The average Bonchev–Trinajstić information content (AvgIpc) is 2.54. The van der Waals surface area contributed by atoms with E-state index >= 15 is 0 Å². The Kier molecular flexibility index (Phi) is 4.71. The van der Waals surface area contributed by atoms with Crippen molar-refractivity contribution in [2.75, 3.05) is 26.2 Å². The van der Waals surface area contributed by atoms with Crippen LogP contribution in [0.15, 0.2) is 0 Å². The zero-order valence-corrected chi connectivity index (χ0v) is 12.8. The summed E-state index contributed by atoms with van der Waals surface area (Å²) in [6, 6.07) is 0.650. The predicted molar refractivity (Wildman–Crippen MR) is 78.8 cm³/mol. The molecule has 2 fully saturated rings. The number of nitrogens with one attached hydrogen (secondary N) is 1. The van der Waals surface area contributed by atoms with Gasteiger partial charge in [0.1, 0.15) is 0 Å². The molecule has 1 aliphatic carbocycles. The molecule has 2 rings (SSSR count). The Morgan fingerprint density at radius 2 is 1.94 bits per heavy atom. The van der Waals surface area contributed by atoms with E-state index in [-0.39, 0.29) is 0 Å². The van der Waals surface area contributed by atoms with Gasteiger partial charge in [0.2, 0.25) is 0 Å². The molecule has 2 nitrogen and oxygen atoms in total. The number of hydrogen-bond acceptors (Lipinski definition) is 2. The average molecular weight is 252 g/mol. The first-order chi connectivity index (χ1) is 8.47. The van der Waals surface area contributed by atoms with Gasteiger partial charge in [0, 0.05) is 19.1 Å². The van der Waals surface area contributed by atoms with Crippen LogP contribution >= 0.6 is 0 Å². The fourth-order valence-corrected chi connectivity index (χ4v) is 3.56. The van der Waals surface area contributed by atoms with Gasteiger partial charge in [-0.3, -0.25) is 0 Å². The fraction of sp³-hybridized carbons (Fsp3) is 1.00. The molecule has 1 heterocycles. The Morgan fingerprint density at radius 1 is 1.17 bits per heavy atom. The van der Waals surface area contributed by atoms with Crippen LogP contribution in [0.4, 0.5) is 0 Å². The second-order valence-electron chi connectivity index (χ2n) is 7.65. The maximum absolute atomic E-state index is 3.75. The lowest BCUT2D eigenvalue weighted by Crippen LogP contribution is -2.47. The van der Waals surface area contributed by atoms with Gasteiger partial charge in [0.25, 0.3) is 0 Å². The predicted octanol–water partition coefficient (Wildman–Crippen LogP) is 3.13. The van der Waals surface area contributed by atoms with E-state index < -0.39 is 0 Å². The van der Waals surface area contributed by atoms with Gasteiger partial charge in [0.15, 0.2) is 0 Å². The van der Waals surface area contributed by atoms with Gasteiger partial charge in [-0.2, -0.15) is 0 Å². The topological polar surface area (TPSA) is 15.3 Å². The van der Waals surface area contributed by atoms with Gasteiger partial charge in [-0.25, -0.2) is 0 Å². The molecule has 1 saturated heterocycles. The van der Waals surface area contributed by atoms with Crippen molar-refractivity contribution in [2.24, 2.45) is 17.3 Å². The largest absolute Gasteiger partial charge is 0.312 e. The van der Waals surface area contributed by atoms with Crippen molar-refractivity contribution in [3.63, 3.8) is 0 Å². The third-order valence-electron chi connectivity index (χ3n) is 5.06. The SMILES string of the molecule is CC1CCCC1CN1CCCNC(C(C)(C)C)C1. The van der Waals surface area contributed by atoms with Crippen molar-refractivity contribution >= 4 is 0 Å². The van der Waals surface area contributed by atoms with Gasteiger partial charge in [0.05, 0.1) is 0 Å². The Bertz CT molecular complexity index is 256. The Balaban J connectivity index is 1.90. The first-order valence-corrected chi connectivity index (χ1v) is 7.92. The van der Waals surface area contributed by atoms with Gasteiger partial charge in [-0.15, -0.1) is 0 Å². The summed E-state index contributed by atoms with van der Waals surface area (Å²) in [5, 5.41) is 3.75. The first kappa shape index (κ1) is 14.3. The normalized spacial score (nSPS) is 35.7. The summed E-state index contributed by atoms with van der Waals surface area (Å²) < 4.78 is 0. The summed E-state index contributed by atoms with van der Waals surface area (Å²) in [4.78, 5) is 2.74. The minimum atomic E-state index is 0.379. The third-order valence-corrected chi connectivity index (χ3v) is 5.06. The zero-order valence-electron chi connectivity index (χ0n) is 12.8. The summed E-state index contributed by atoms with van der Waals surface area (Å²) in [5.41, 5.74) is 0.379. The van der Waals surface area contributed by atoms with Crippen molar-refractivity contribution in [2.45, 2.75) is 59.4 Å². The Labute approximate surface area is 114 Å².